The molecule has 0 bridgehead atoms. The minimum absolute atomic E-state index is 0.799. The number of imidazole rings is 1. The fraction of sp³-hybridized carbons (Fsp3) is 0.769. The van der Waals surface area contributed by atoms with Crippen molar-refractivity contribution >= 4 is 0 Å². The fourth-order valence-corrected chi connectivity index (χ4v) is 3.22. The lowest BCUT2D eigenvalue weighted by molar-refractivity contribution is -0.721. The summed E-state index contributed by atoms with van der Waals surface area (Å²) >= 11 is 0. The number of aromatic nitrogens is 2. The fourth-order valence-electron chi connectivity index (χ4n) is 3.22. The highest BCUT2D eigenvalue weighted by Gasteiger charge is 2.25. The standard InChI is InChI=1S/C13H21N2/c1-2-6-12(5-1)14-9-10-15(11-14)13-7-3-4-8-13/h9-13H,1-8H2/q+1. The van der Waals surface area contributed by atoms with Crippen LogP contribution in [-0.2, 0) is 0 Å². The summed E-state index contributed by atoms with van der Waals surface area (Å²) < 4.78 is 4.90. The molecule has 1 aromatic rings. The average molecular weight is 205 g/mol. The van der Waals surface area contributed by atoms with Crippen LogP contribution in [-0.4, -0.2) is 4.57 Å². The van der Waals surface area contributed by atoms with E-state index in [0.29, 0.717) is 0 Å². The van der Waals surface area contributed by atoms with Crippen LogP contribution in [0.25, 0.3) is 0 Å². The molecule has 0 aliphatic heterocycles. The van der Waals surface area contributed by atoms with Crippen LogP contribution >= 0.6 is 0 Å². The number of nitrogens with zero attached hydrogens (tertiary/aromatic N) is 2. The Bertz CT molecular complexity index is 287. The van der Waals surface area contributed by atoms with Crippen molar-refractivity contribution in [2.45, 2.75) is 63.5 Å². The largest absolute Gasteiger partial charge is 0.244 e. The third-order valence-electron chi connectivity index (χ3n) is 4.17. The summed E-state index contributed by atoms with van der Waals surface area (Å²) in [7, 11) is 0. The van der Waals surface area contributed by atoms with E-state index in [0.717, 1.165) is 12.1 Å². The zero-order valence-corrected chi connectivity index (χ0v) is 9.44. The molecule has 0 amide bonds. The molecule has 2 aliphatic rings. The summed E-state index contributed by atoms with van der Waals surface area (Å²) in [5, 5.41) is 0. The van der Waals surface area contributed by atoms with Crippen LogP contribution in [0.1, 0.15) is 63.5 Å². The molecule has 2 fully saturated rings. The first kappa shape index (κ1) is 9.44. The summed E-state index contributed by atoms with van der Waals surface area (Å²) in [6, 6.07) is 1.60. The van der Waals surface area contributed by atoms with E-state index in [4.69, 9.17) is 0 Å². The van der Waals surface area contributed by atoms with Crippen molar-refractivity contribution in [3.8, 4) is 0 Å². The molecule has 0 spiro atoms. The zero-order chi connectivity index (χ0) is 10.1. The molecule has 2 heteroatoms. The minimum atomic E-state index is 0.799. The summed E-state index contributed by atoms with van der Waals surface area (Å²) in [5.74, 6) is 0. The predicted octanol–water partition coefficient (Wildman–Crippen LogP) is 3.01. The van der Waals surface area contributed by atoms with E-state index >= 15 is 0 Å². The van der Waals surface area contributed by atoms with E-state index in [1.54, 1.807) is 0 Å². The van der Waals surface area contributed by atoms with Crippen LogP contribution in [0, 0.1) is 0 Å². The Morgan fingerprint density at radius 1 is 0.933 bits per heavy atom. The van der Waals surface area contributed by atoms with Crippen molar-refractivity contribution in [1.82, 2.24) is 4.57 Å². The first-order valence-corrected chi connectivity index (χ1v) is 6.52. The molecule has 0 unspecified atom stereocenters. The van der Waals surface area contributed by atoms with Gasteiger partial charge in [-0.3, -0.25) is 0 Å². The van der Waals surface area contributed by atoms with Crippen LogP contribution < -0.4 is 4.57 Å². The molecule has 2 aliphatic carbocycles. The lowest BCUT2D eigenvalue weighted by Crippen LogP contribution is -2.35. The highest BCUT2D eigenvalue weighted by Crippen LogP contribution is 2.29. The second-order valence-corrected chi connectivity index (χ2v) is 5.18. The molecule has 0 atom stereocenters. The van der Waals surface area contributed by atoms with E-state index in [1.807, 2.05) is 0 Å². The molecule has 1 aromatic heterocycles. The van der Waals surface area contributed by atoms with Gasteiger partial charge in [-0.1, -0.05) is 0 Å². The number of hydrogen-bond acceptors (Lipinski definition) is 0. The van der Waals surface area contributed by atoms with Gasteiger partial charge >= 0.3 is 0 Å². The number of hydrogen-bond donors (Lipinski definition) is 0. The average Bonchev–Trinajstić information content (AvgIpc) is 3.02. The Hall–Kier alpha value is -0.790. The lowest BCUT2D eigenvalue weighted by atomic mass is 10.2. The number of rotatable bonds is 2. The quantitative estimate of drug-likeness (QED) is 0.656. The van der Waals surface area contributed by atoms with Gasteiger partial charge in [0.1, 0.15) is 24.5 Å². The third kappa shape index (κ3) is 1.82. The molecule has 0 aromatic carbocycles. The molecular formula is C13H21N2+. The summed E-state index contributed by atoms with van der Waals surface area (Å²) in [5.41, 5.74) is 0. The Kier molecular flexibility index (Phi) is 2.51. The second kappa shape index (κ2) is 3.99. The third-order valence-corrected chi connectivity index (χ3v) is 4.17. The van der Waals surface area contributed by atoms with E-state index in [9.17, 15) is 0 Å². The monoisotopic (exact) mass is 205 g/mol. The van der Waals surface area contributed by atoms with Crippen LogP contribution in [0.3, 0.4) is 0 Å². The van der Waals surface area contributed by atoms with Crippen molar-refractivity contribution in [2.75, 3.05) is 0 Å². The van der Waals surface area contributed by atoms with Crippen LogP contribution in [0.5, 0.6) is 0 Å². The van der Waals surface area contributed by atoms with Crippen LogP contribution in [0.2, 0.25) is 0 Å². The maximum atomic E-state index is 2.45. The zero-order valence-electron chi connectivity index (χ0n) is 9.44. The summed E-state index contributed by atoms with van der Waals surface area (Å²) in [4.78, 5) is 0. The van der Waals surface area contributed by atoms with Gasteiger partial charge in [-0.05, 0) is 51.4 Å². The summed E-state index contributed by atoms with van der Waals surface area (Å²) in [6.45, 7) is 0. The maximum Gasteiger partial charge on any atom is 0.244 e. The molecule has 0 radical (unpaired) electrons. The Balaban J connectivity index is 1.74. The van der Waals surface area contributed by atoms with E-state index < -0.39 is 0 Å². The minimum Gasteiger partial charge on any atom is -0.234 e. The maximum absolute atomic E-state index is 2.45. The van der Waals surface area contributed by atoms with Crippen molar-refractivity contribution < 1.29 is 4.57 Å². The highest BCUT2D eigenvalue weighted by atomic mass is 15.1. The molecule has 2 nitrogen and oxygen atoms in total. The molecule has 2 saturated carbocycles. The Morgan fingerprint density at radius 2 is 1.60 bits per heavy atom. The molecule has 0 N–H and O–H groups in total. The Labute approximate surface area is 91.9 Å². The molecule has 0 saturated heterocycles. The Morgan fingerprint density at radius 3 is 2.33 bits per heavy atom. The van der Waals surface area contributed by atoms with Gasteiger partial charge in [-0.25, -0.2) is 9.13 Å². The van der Waals surface area contributed by atoms with Gasteiger partial charge in [0.25, 0.3) is 0 Å². The second-order valence-electron chi connectivity index (χ2n) is 5.18. The van der Waals surface area contributed by atoms with Gasteiger partial charge < -0.3 is 0 Å². The van der Waals surface area contributed by atoms with Crippen LogP contribution in [0.4, 0.5) is 0 Å². The first-order valence-electron chi connectivity index (χ1n) is 6.52. The smallest absolute Gasteiger partial charge is 0.234 e. The molecule has 15 heavy (non-hydrogen) atoms. The van der Waals surface area contributed by atoms with Crippen molar-refractivity contribution in [2.24, 2.45) is 0 Å². The van der Waals surface area contributed by atoms with Gasteiger partial charge in [0, 0.05) is 0 Å². The van der Waals surface area contributed by atoms with Gasteiger partial charge in [-0.15, -0.1) is 0 Å². The van der Waals surface area contributed by atoms with Crippen molar-refractivity contribution in [3.63, 3.8) is 0 Å². The molecule has 3 rings (SSSR count). The van der Waals surface area contributed by atoms with E-state index in [-0.39, 0.29) is 0 Å². The van der Waals surface area contributed by atoms with Gasteiger partial charge in [0.2, 0.25) is 6.33 Å². The molecular weight excluding hydrogens is 184 g/mol. The topological polar surface area (TPSA) is 8.81 Å². The van der Waals surface area contributed by atoms with Gasteiger partial charge in [0.05, 0.1) is 0 Å². The van der Waals surface area contributed by atoms with Crippen LogP contribution in [0.15, 0.2) is 18.7 Å². The molecule has 82 valence electrons. The normalized spacial score (nSPS) is 24.0. The SMILES string of the molecule is c1c[n+](C2CCCC2)cn1C1CCCC1. The van der Waals surface area contributed by atoms with E-state index in [1.165, 1.54) is 51.4 Å². The lowest BCUT2D eigenvalue weighted by Gasteiger charge is -2.05. The van der Waals surface area contributed by atoms with E-state index in [2.05, 4.69) is 27.9 Å². The highest BCUT2D eigenvalue weighted by molar-refractivity contribution is 4.80. The van der Waals surface area contributed by atoms with Crippen molar-refractivity contribution in [1.29, 1.82) is 0 Å². The van der Waals surface area contributed by atoms with Gasteiger partial charge in [-0.2, -0.15) is 0 Å². The van der Waals surface area contributed by atoms with Gasteiger partial charge in [0.15, 0.2) is 0 Å². The van der Waals surface area contributed by atoms with Crippen molar-refractivity contribution in [3.05, 3.63) is 18.7 Å². The predicted molar refractivity (Wildman–Crippen MR) is 59.6 cm³/mol. The summed E-state index contributed by atoms with van der Waals surface area (Å²) in [6.07, 6.45) is 18.2. The first-order chi connectivity index (χ1) is 7.43. The molecule has 1 heterocycles.